The highest BCUT2D eigenvalue weighted by Gasteiger charge is 2.72. The molecule has 4 aliphatic heterocycles. The van der Waals surface area contributed by atoms with Crippen LogP contribution in [0.15, 0.2) is 11.6 Å². The van der Waals surface area contributed by atoms with Crippen LogP contribution in [0.4, 0.5) is 0 Å². The molecule has 0 radical (unpaired) electrons. The molecule has 0 spiro atoms. The Morgan fingerprint density at radius 1 is 0.585 bits per heavy atom. The Morgan fingerprint density at radius 3 is 1.68 bits per heavy atom. The summed E-state index contributed by atoms with van der Waals surface area (Å²) >= 11 is 0. The number of esters is 1. The topological polar surface area (TPSA) is 438 Å². The lowest BCUT2D eigenvalue weighted by Gasteiger charge is -2.71. The molecule has 28 heteroatoms. The first-order valence-electron chi connectivity index (χ1n) is 28.6. The van der Waals surface area contributed by atoms with E-state index in [2.05, 4.69) is 40.7 Å². The molecule has 8 fully saturated rings. The first-order chi connectivity index (χ1) is 38.2. The standard InChI is InChI=1S/C54H88O27S/c1-49(2)14-15-54(23(16-49)22-8-9-29-51(5)12-11-31(81-82(70,71)72)50(3,4)28(51)10-13-52(29,6)53(22,7)17-30(54)58)48(69)80-47-43(39(66)34(61)26(20-57)76-47)79-46-42(38(65)33(60)25(19-56)75-46)78-45-41(68)37(64)35(62)27(77-45)21-73-44-40(67)36(63)32(59)24(18-55)74-44/h8,23-47,55-68H,9-21H2,1-7H3,(H,70,71,72)/t23-,24+,25+,26+,27+,28-,29+,30+,31-,32+,33+,34+,35+,36-,37-,38-,39-,40+,41+,42+,43+,44+,45-,46-,47-,51-,52+,53+,54+/m0/s1. The molecule has 4 heterocycles. The fourth-order valence-corrected chi connectivity index (χ4v) is 17.3. The molecule has 9 aliphatic rings. The molecule has 5 aliphatic carbocycles. The van der Waals surface area contributed by atoms with Crippen molar-refractivity contribution in [2.75, 3.05) is 26.4 Å². The van der Waals surface area contributed by atoms with Crippen LogP contribution in [-0.2, 0) is 57.3 Å². The minimum Gasteiger partial charge on any atom is -0.432 e. The zero-order valence-electron chi connectivity index (χ0n) is 47.2. The summed E-state index contributed by atoms with van der Waals surface area (Å²) < 4.78 is 86.1. The molecule has 15 N–H and O–H groups in total. The summed E-state index contributed by atoms with van der Waals surface area (Å²) in [4.78, 5) is 15.6. The van der Waals surface area contributed by atoms with Crippen LogP contribution in [-0.4, -0.2) is 252 Å². The fourth-order valence-electron chi connectivity index (χ4n) is 16.7. The molecule has 82 heavy (non-hydrogen) atoms. The van der Waals surface area contributed by atoms with Crippen LogP contribution >= 0.6 is 0 Å². The summed E-state index contributed by atoms with van der Waals surface area (Å²) in [5.74, 6) is -1.52. The molecule has 4 saturated heterocycles. The van der Waals surface area contributed by atoms with E-state index in [0.717, 1.165) is 5.57 Å². The Labute approximate surface area is 475 Å². The van der Waals surface area contributed by atoms with E-state index in [1.54, 1.807) is 0 Å². The normalized spacial score (nSPS) is 52.0. The average molecular weight is 1200 g/mol. The fraction of sp³-hybridized carbons (Fsp3) is 0.944. The summed E-state index contributed by atoms with van der Waals surface area (Å²) in [5.41, 5.74) is -3.10. The van der Waals surface area contributed by atoms with E-state index in [4.69, 9.17) is 42.1 Å². The van der Waals surface area contributed by atoms with Gasteiger partial charge in [-0.2, -0.15) is 8.42 Å². The monoisotopic (exact) mass is 1200 g/mol. The van der Waals surface area contributed by atoms with Crippen LogP contribution in [0.3, 0.4) is 0 Å². The maximum atomic E-state index is 15.6. The summed E-state index contributed by atoms with van der Waals surface area (Å²) in [7, 11) is -4.72. The number of allylic oxidation sites excluding steroid dienone is 2. The second-order valence-electron chi connectivity index (χ2n) is 26.9. The summed E-state index contributed by atoms with van der Waals surface area (Å²) in [6.07, 6.45) is -33.8. The zero-order chi connectivity index (χ0) is 60.4. The van der Waals surface area contributed by atoms with Crippen molar-refractivity contribution in [1.29, 1.82) is 0 Å². The second kappa shape index (κ2) is 23.3. The van der Waals surface area contributed by atoms with Crippen molar-refractivity contribution >= 4 is 16.4 Å². The van der Waals surface area contributed by atoms with Crippen molar-refractivity contribution in [1.82, 2.24) is 0 Å². The van der Waals surface area contributed by atoms with Gasteiger partial charge in [0.2, 0.25) is 6.29 Å². The number of fused-ring (bicyclic) bond motifs is 7. The highest BCUT2D eigenvalue weighted by molar-refractivity contribution is 7.80. The molecule has 0 bridgehead atoms. The Kier molecular flexibility index (Phi) is 18.4. The van der Waals surface area contributed by atoms with Crippen molar-refractivity contribution in [2.24, 2.45) is 50.2 Å². The number of carbonyl (C=O) groups is 1. The van der Waals surface area contributed by atoms with Gasteiger partial charge in [0, 0.05) is 0 Å². The van der Waals surface area contributed by atoms with Gasteiger partial charge < -0.3 is 109 Å². The SMILES string of the molecule is CC1(C)CC[C@]2(C(=O)O[C@@H]3O[C@H](CO)[C@@H](O)[C@H](O)[C@H]3O[C@@H]3O[C@H](CO)[C@@H](O)[C@H](O)[C@H]3O[C@@H]3O[C@H](CO[C@@H]4O[C@H](CO)[C@@H](O)[C@H](O)[C@H]4O)[C@@H](O)[C@H](O)[C@H]3O)[C@H](O)C[C@]3(C)C(=CC[C@@H]4[C@@]5(C)CC[C@H](OS(=O)(=O)O)C(C)(C)[C@@H]5CC[C@]43C)[C@@H]2C1. The van der Waals surface area contributed by atoms with Gasteiger partial charge in [-0.05, 0) is 103 Å². The van der Waals surface area contributed by atoms with E-state index in [9.17, 15) is 84.5 Å². The largest absolute Gasteiger partial charge is 0.432 e. The smallest absolute Gasteiger partial charge is 0.397 e. The average Bonchev–Trinajstić information content (AvgIpc) is 0.761. The Bertz CT molecular complexity index is 2410. The molecule has 0 aromatic rings. The third-order valence-electron chi connectivity index (χ3n) is 21.6. The van der Waals surface area contributed by atoms with Gasteiger partial charge in [-0.25, -0.2) is 4.18 Å². The minimum absolute atomic E-state index is 0.00159. The van der Waals surface area contributed by atoms with Crippen molar-refractivity contribution in [3.8, 4) is 0 Å². The lowest BCUT2D eigenvalue weighted by molar-refractivity contribution is -0.393. The van der Waals surface area contributed by atoms with Crippen LogP contribution in [0.1, 0.15) is 106 Å². The highest BCUT2D eigenvalue weighted by atomic mass is 32.3. The number of hydrogen-bond acceptors (Lipinski definition) is 26. The predicted octanol–water partition coefficient (Wildman–Crippen LogP) is -3.24. The van der Waals surface area contributed by atoms with Crippen LogP contribution < -0.4 is 0 Å². The van der Waals surface area contributed by atoms with Crippen LogP contribution in [0.2, 0.25) is 0 Å². The lowest BCUT2D eigenvalue weighted by Crippen LogP contribution is -2.69. The number of rotatable bonds is 14. The molecular weight excluding hydrogens is 1110 g/mol. The molecule has 0 aromatic carbocycles. The quantitative estimate of drug-likeness (QED) is 0.0462. The van der Waals surface area contributed by atoms with Crippen molar-refractivity contribution in [3.05, 3.63) is 11.6 Å². The van der Waals surface area contributed by atoms with Crippen molar-refractivity contribution in [3.63, 3.8) is 0 Å². The Hall–Kier alpha value is -1.76. The van der Waals surface area contributed by atoms with Crippen LogP contribution in [0, 0.1) is 50.2 Å². The molecule has 0 amide bonds. The molecule has 4 saturated carbocycles. The van der Waals surface area contributed by atoms with Gasteiger partial charge in [-0.1, -0.05) is 60.1 Å². The van der Waals surface area contributed by atoms with Gasteiger partial charge in [0.05, 0.1) is 38.6 Å². The number of carbonyl (C=O) groups excluding carboxylic acids is 1. The minimum atomic E-state index is -4.72. The first-order valence-corrected chi connectivity index (χ1v) is 30.0. The Morgan fingerprint density at radius 2 is 1.10 bits per heavy atom. The molecule has 27 nitrogen and oxygen atoms in total. The molecular formula is C54H88O27S. The van der Waals surface area contributed by atoms with E-state index in [1.807, 2.05) is 13.8 Å². The van der Waals surface area contributed by atoms with E-state index in [1.165, 1.54) is 0 Å². The van der Waals surface area contributed by atoms with Crippen molar-refractivity contribution < 1.29 is 131 Å². The van der Waals surface area contributed by atoms with Gasteiger partial charge in [-0.15, -0.1) is 0 Å². The second-order valence-corrected chi connectivity index (χ2v) is 28.0. The van der Waals surface area contributed by atoms with Gasteiger partial charge in [0.1, 0.15) is 97.0 Å². The predicted molar refractivity (Wildman–Crippen MR) is 275 cm³/mol. The molecule has 9 rings (SSSR count). The van der Waals surface area contributed by atoms with E-state index in [0.29, 0.717) is 44.9 Å². The molecule has 29 atom stereocenters. The summed E-state index contributed by atoms with van der Waals surface area (Å²) in [6.45, 7) is 11.4. The van der Waals surface area contributed by atoms with Crippen LogP contribution in [0.5, 0.6) is 0 Å². The van der Waals surface area contributed by atoms with Gasteiger partial charge in [-0.3, -0.25) is 9.35 Å². The highest BCUT2D eigenvalue weighted by Crippen LogP contribution is 2.76. The van der Waals surface area contributed by atoms with Gasteiger partial charge in [0.25, 0.3) is 0 Å². The maximum absolute atomic E-state index is 15.6. The number of aliphatic hydroxyl groups is 14. The molecule has 472 valence electrons. The molecule has 0 aromatic heterocycles. The van der Waals surface area contributed by atoms with E-state index < -0.39 is 205 Å². The maximum Gasteiger partial charge on any atom is 0.397 e. The number of aliphatic hydroxyl groups excluding tert-OH is 14. The third kappa shape index (κ3) is 10.9. The van der Waals surface area contributed by atoms with Gasteiger partial charge >= 0.3 is 16.4 Å². The molecule has 0 unspecified atom stereocenters. The summed E-state index contributed by atoms with van der Waals surface area (Å²) in [5, 5.41) is 153. The lowest BCUT2D eigenvalue weighted by atomic mass is 9.33. The number of ether oxygens (including phenoxy) is 8. The zero-order valence-corrected chi connectivity index (χ0v) is 48.0. The summed E-state index contributed by atoms with van der Waals surface area (Å²) in [6, 6.07) is 0. The van der Waals surface area contributed by atoms with E-state index in [-0.39, 0.29) is 35.5 Å². The Balaban J connectivity index is 0.989. The van der Waals surface area contributed by atoms with Gasteiger partial charge in [0.15, 0.2) is 25.0 Å². The van der Waals surface area contributed by atoms with Crippen LogP contribution in [0.25, 0.3) is 0 Å². The third-order valence-corrected chi connectivity index (χ3v) is 22.1. The van der Waals surface area contributed by atoms with E-state index >= 15 is 4.79 Å². The number of hydrogen-bond donors (Lipinski definition) is 15. The first kappa shape index (κ1) is 64.7. The van der Waals surface area contributed by atoms with Crippen molar-refractivity contribution in [2.45, 2.75) is 241 Å².